The fourth-order valence-corrected chi connectivity index (χ4v) is 2.67. The highest BCUT2D eigenvalue weighted by atomic mass is 16.3. The Morgan fingerprint density at radius 2 is 2.05 bits per heavy atom. The van der Waals surface area contributed by atoms with Crippen LogP contribution in [0.5, 0.6) is 17.2 Å². The molecule has 106 valence electrons. The molecule has 1 aliphatic rings. The lowest BCUT2D eigenvalue weighted by atomic mass is 10.1. The van der Waals surface area contributed by atoms with E-state index >= 15 is 0 Å². The Balaban J connectivity index is 1.88. The van der Waals surface area contributed by atoms with Crippen molar-refractivity contribution in [2.75, 3.05) is 19.6 Å². The second-order valence-corrected chi connectivity index (χ2v) is 5.00. The van der Waals surface area contributed by atoms with E-state index in [-0.39, 0.29) is 11.5 Å². The Morgan fingerprint density at radius 3 is 2.79 bits per heavy atom. The lowest BCUT2D eigenvalue weighted by Crippen LogP contribution is -2.37. The monoisotopic (exact) mass is 266 g/mol. The molecule has 0 saturated carbocycles. The molecule has 2 rings (SSSR count). The molecule has 0 spiro atoms. The zero-order valence-corrected chi connectivity index (χ0v) is 11.3. The van der Waals surface area contributed by atoms with Crippen LogP contribution < -0.4 is 5.32 Å². The van der Waals surface area contributed by atoms with Gasteiger partial charge in [-0.2, -0.15) is 0 Å². The summed E-state index contributed by atoms with van der Waals surface area (Å²) in [6, 6.07) is 3.56. The van der Waals surface area contributed by atoms with E-state index in [0.29, 0.717) is 18.2 Å². The number of hydrogen-bond donors (Lipinski definition) is 4. The number of nitrogens with one attached hydrogen (secondary N) is 1. The van der Waals surface area contributed by atoms with Crippen LogP contribution in [0.1, 0.15) is 25.3 Å². The molecule has 0 amide bonds. The summed E-state index contributed by atoms with van der Waals surface area (Å²) < 4.78 is 0. The smallest absolute Gasteiger partial charge is 0.200 e. The van der Waals surface area contributed by atoms with E-state index in [1.54, 1.807) is 6.07 Å². The van der Waals surface area contributed by atoms with Crippen LogP contribution in [0.15, 0.2) is 12.1 Å². The van der Waals surface area contributed by atoms with Crippen LogP contribution in [-0.4, -0.2) is 45.9 Å². The van der Waals surface area contributed by atoms with Gasteiger partial charge in [-0.15, -0.1) is 0 Å². The summed E-state index contributed by atoms with van der Waals surface area (Å²) >= 11 is 0. The first-order valence-corrected chi connectivity index (χ1v) is 6.81. The van der Waals surface area contributed by atoms with Gasteiger partial charge in [0.1, 0.15) is 0 Å². The molecule has 0 bridgehead atoms. The predicted molar refractivity (Wildman–Crippen MR) is 73.4 cm³/mol. The van der Waals surface area contributed by atoms with Crippen LogP contribution in [0.4, 0.5) is 0 Å². The van der Waals surface area contributed by atoms with Gasteiger partial charge in [-0.1, -0.05) is 13.0 Å². The van der Waals surface area contributed by atoms with Crippen LogP contribution in [0.25, 0.3) is 0 Å². The van der Waals surface area contributed by atoms with Gasteiger partial charge in [0, 0.05) is 24.7 Å². The minimum absolute atomic E-state index is 0.244. The van der Waals surface area contributed by atoms with E-state index < -0.39 is 5.75 Å². The Hall–Kier alpha value is -1.46. The van der Waals surface area contributed by atoms with Crippen molar-refractivity contribution in [3.05, 3.63) is 17.7 Å². The summed E-state index contributed by atoms with van der Waals surface area (Å²) in [4.78, 5) is 2.45. The summed E-state index contributed by atoms with van der Waals surface area (Å²) in [6.07, 6.45) is 2.44. The fourth-order valence-electron chi connectivity index (χ4n) is 2.67. The molecule has 1 unspecified atom stereocenters. The number of aromatic hydroxyl groups is 3. The molecule has 1 fully saturated rings. The third kappa shape index (κ3) is 3.11. The zero-order valence-electron chi connectivity index (χ0n) is 11.3. The molecule has 1 aromatic rings. The predicted octanol–water partition coefficient (Wildman–Crippen LogP) is 1.38. The Labute approximate surface area is 113 Å². The van der Waals surface area contributed by atoms with Gasteiger partial charge in [0.15, 0.2) is 11.5 Å². The van der Waals surface area contributed by atoms with E-state index in [1.165, 1.54) is 18.9 Å². The molecule has 0 aromatic heterocycles. The number of likely N-dealkylation sites (tertiary alicyclic amines) is 1. The van der Waals surface area contributed by atoms with Gasteiger partial charge < -0.3 is 20.6 Å². The van der Waals surface area contributed by atoms with E-state index in [1.807, 2.05) is 0 Å². The van der Waals surface area contributed by atoms with Gasteiger partial charge in [-0.3, -0.25) is 4.90 Å². The molecule has 1 heterocycles. The third-order valence-electron chi connectivity index (χ3n) is 3.81. The van der Waals surface area contributed by atoms with Gasteiger partial charge in [0.25, 0.3) is 0 Å². The van der Waals surface area contributed by atoms with E-state index in [4.69, 9.17) is 0 Å². The van der Waals surface area contributed by atoms with Crippen LogP contribution in [0.3, 0.4) is 0 Å². The first-order chi connectivity index (χ1) is 9.13. The normalized spacial score (nSPS) is 19.9. The molecule has 4 N–H and O–H groups in total. The molecule has 0 radical (unpaired) electrons. The SMILES string of the molecule is CCN1CCCC1CNCc1ccc(O)c(O)c1O. The van der Waals surface area contributed by atoms with Gasteiger partial charge in [0.2, 0.25) is 5.75 Å². The number of phenols is 3. The highest BCUT2D eigenvalue weighted by Crippen LogP contribution is 2.36. The van der Waals surface area contributed by atoms with Gasteiger partial charge in [0.05, 0.1) is 0 Å². The van der Waals surface area contributed by atoms with Crippen LogP contribution in [0, 0.1) is 0 Å². The maximum atomic E-state index is 9.71. The number of rotatable bonds is 5. The summed E-state index contributed by atoms with van der Waals surface area (Å²) in [7, 11) is 0. The lowest BCUT2D eigenvalue weighted by Gasteiger charge is -2.23. The second-order valence-electron chi connectivity index (χ2n) is 5.00. The van der Waals surface area contributed by atoms with Crippen molar-refractivity contribution in [1.29, 1.82) is 0 Å². The van der Waals surface area contributed by atoms with Gasteiger partial charge in [-0.25, -0.2) is 0 Å². The van der Waals surface area contributed by atoms with E-state index in [0.717, 1.165) is 19.6 Å². The van der Waals surface area contributed by atoms with Gasteiger partial charge >= 0.3 is 0 Å². The van der Waals surface area contributed by atoms with Gasteiger partial charge in [-0.05, 0) is 32.0 Å². The number of phenolic OH excluding ortho intramolecular Hbond substituents is 3. The largest absolute Gasteiger partial charge is 0.504 e. The molecule has 1 saturated heterocycles. The Bertz CT molecular complexity index is 437. The molecule has 5 heteroatoms. The number of benzene rings is 1. The molecule has 1 aromatic carbocycles. The van der Waals surface area contributed by atoms with Crippen molar-refractivity contribution in [2.45, 2.75) is 32.4 Å². The van der Waals surface area contributed by atoms with E-state index in [9.17, 15) is 15.3 Å². The summed E-state index contributed by atoms with van der Waals surface area (Å²) in [5.74, 6) is -0.990. The Morgan fingerprint density at radius 1 is 1.26 bits per heavy atom. The average molecular weight is 266 g/mol. The van der Waals surface area contributed by atoms with E-state index in [2.05, 4.69) is 17.1 Å². The summed E-state index contributed by atoms with van der Waals surface area (Å²) in [5, 5.41) is 31.7. The topological polar surface area (TPSA) is 76.0 Å². The van der Waals surface area contributed by atoms with Crippen molar-refractivity contribution in [3.63, 3.8) is 0 Å². The summed E-state index contributed by atoms with van der Waals surface area (Å²) in [6.45, 7) is 5.75. The first-order valence-electron chi connectivity index (χ1n) is 6.81. The molecular formula is C14H22N2O3. The van der Waals surface area contributed by atoms with Crippen molar-refractivity contribution in [2.24, 2.45) is 0 Å². The lowest BCUT2D eigenvalue weighted by molar-refractivity contribution is 0.259. The molecule has 5 nitrogen and oxygen atoms in total. The van der Waals surface area contributed by atoms with Crippen LogP contribution in [0.2, 0.25) is 0 Å². The van der Waals surface area contributed by atoms with Crippen LogP contribution in [-0.2, 0) is 6.54 Å². The first kappa shape index (κ1) is 14.0. The third-order valence-corrected chi connectivity index (χ3v) is 3.81. The highest BCUT2D eigenvalue weighted by Gasteiger charge is 2.22. The quantitative estimate of drug-likeness (QED) is 0.606. The molecule has 0 aliphatic carbocycles. The fraction of sp³-hybridized carbons (Fsp3) is 0.571. The highest BCUT2D eigenvalue weighted by molar-refractivity contribution is 5.52. The van der Waals surface area contributed by atoms with Crippen molar-refractivity contribution >= 4 is 0 Å². The average Bonchev–Trinajstić information content (AvgIpc) is 2.86. The van der Waals surface area contributed by atoms with Crippen LogP contribution >= 0.6 is 0 Å². The maximum absolute atomic E-state index is 9.71. The second kappa shape index (κ2) is 6.12. The number of nitrogens with zero attached hydrogens (tertiary/aromatic N) is 1. The summed E-state index contributed by atoms with van der Waals surface area (Å²) in [5.41, 5.74) is 0.594. The standard InChI is InChI=1S/C14H22N2O3/c1-2-16-7-3-4-11(16)9-15-8-10-5-6-12(17)14(19)13(10)18/h5-6,11,15,17-19H,2-4,7-9H2,1H3. The molecule has 19 heavy (non-hydrogen) atoms. The van der Waals surface area contributed by atoms with Crippen molar-refractivity contribution in [1.82, 2.24) is 10.2 Å². The molecular weight excluding hydrogens is 244 g/mol. The maximum Gasteiger partial charge on any atom is 0.200 e. The molecule has 1 aliphatic heterocycles. The minimum Gasteiger partial charge on any atom is -0.504 e. The number of hydrogen-bond acceptors (Lipinski definition) is 5. The zero-order chi connectivity index (χ0) is 13.8. The molecule has 1 atom stereocenters. The van der Waals surface area contributed by atoms with Crippen molar-refractivity contribution < 1.29 is 15.3 Å². The Kier molecular flexibility index (Phi) is 4.50. The minimum atomic E-state index is -0.449. The number of likely N-dealkylation sites (N-methyl/N-ethyl adjacent to an activating group) is 1. The van der Waals surface area contributed by atoms with Crippen molar-refractivity contribution in [3.8, 4) is 17.2 Å².